The number of rotatable bonds is 8. The molecule has 2 atom stereocenters. The highest BCUT2D eigenvalue weighted by Gasteiger charge is 2.21. The molecule has 0 radical (unpaired) electrons. The van der Waals surface area contributed by atoms with Crippen LogP contribution in [0.25, 0.3) is 0 Å². The zero-order valence-electron chi connectivity index (χ0n) is 12.7. The highest BCUT2D eigenvalue weighted by Crippen LogP contribution is 2.23. The Labute approximate surface area is 125 Å². The van der Waals surface area contributed by atoms with E-state index in [9.17, 15) is 0 Å². The van der Waals surface area contributed by atoms with E-state index >= 15 is 0 Å². The van der Waals surface area contributed by atoms with Gasteiger partial charge in [-0.3, -0.25) is 4.68 Å². The molecule has 0 fully saturated rings. The maximum Gasteiger partial charge on any atom is 0.0738 e. The van der Waals surface area contributed by atoms with Crippen molar-refractivity contribution in [2.75, 3.05) is 13.7 Å². The molecule has 2 unspecified atom stereocenters. The van der Waals surface area contributed by atoms with Crippen LogP contribution in [0.1, 0.15) is 38.6 Å². The molecule has 1 rings (SSSR count). The second kappa shape index (κ2) is 8.02. The molecule has 1 heterocycles. The smallest absolute Gasteiger partial charge is 0.0738 e. The molecule has 0 spiro atoms. The van der Waals surface area contributed by atoms with Crippen molar-refractivity contribution in [3.05, 3.63) is 15.9 Å². The Morgan fingerprint density at radius 1 is 1.42 bits per heavy atom. The Kier molecular flexibility index (Phi) is 7.04. The second-order valence-corrected chi connectivity index (χ2v) is 5.66. The van der Waals surface area contributed by atoms with E-state index in [2.05, 4.69) is 51.8 Å². The molecular formula is C14H26BrN3O. The van der Waals surface area contributed by atoms with Gasteiger partial charge in [-0.05, 0) is 49.7 Å². The maximum atomic E-state index is 5.49. The zero-order valence-corrected chi connectivity index (χ0v) is 14.2. The lowest BCUT2D eigenvalue weighted by Crippen LogP contribution is -2.42. The van der Waals surface area contributed by atoms with Crippen LogP contribution in [0, 0.1) is 6.92 Å². The van der Waals surface area contributed by atoms with Crippen LogP contribution >= 0.6 is 15.9 Å². The minimum Gasteiger partial charge on any atom is -0.380 e. The normalized spacial score (nSPS) is 14.6. The Hall–Kier alpha value is -0.390. The highest BCUT2D eigenvalue weighted by molar-refractivity contribution is 9.10. The molecule has 0 aliphatic heterocycles. The van der Waals surface area contributed by atoms with Gasteiger partial charge in [0, 0.05) is 26.1 Å². The van der Waals surface area contributed by atoms with E-state index in [0.29, 0.717) is 6.04 Å². The molecule has 0 saturated heterocycles. The lowest BCUT2D eigenvalue weighted by molar-refractivity contribution is 0.0823. The zero-order chi connectivity index (χ0) is 14.4. The molecule has 110 valence electrons. The monoisotopic (exact) mass is 331 g/mol. The number of nitrogens with zero attached hydrogens (tertiary/aromatic N) is 2. The Morgan fingerprint density at radius 2 is 2.11 bits per heavy atom. The van der Waals surface area contributed by atoms with Gasteiger partial charge < -0.3 is 10.1 Å². The number of ether oxygens (including phenoxy) is 1. The highest BCUT2D eigenvalue weighted by atomic mass is 79.9. The summed E-state index contributed by atoms with van der Waals surface area (Å²) in [5.74, 6) is 0. The first-order valence-electron chi connectivity index (χ1n) is 7.03. The predicted molar refractivity (Wildman–Crippen MR) is 82.6 cm³/mol. The first-order valence-corrected chi connectivity index (χ1v) is 7.82. The van der Waals surface area contributed by atoms with Crippen LogP contribution in [-0.2, 0) is 17.7 Å². The maximum absolute atomic E-state index is 5.49. The van der Waals surface area contributed by atoms with E-state index in [1.807, 2.05) is 6.92 Å². The molecule has 0 bridgehead atoms. The first-order chi connectivity index (χ1) is 9.04. The van der Waals surface area contributed by atoms with Crippen molar-refractivity contribution < 1.29 is 4.74 Å². The summed E-state index contributed by atoms with van der Waals surface area (Å²) in [7, 11) is 1.77. The van der Waals surface area contributed by atoms with Crippen molar-refractivity contribution in [2.24, 2.45) is 0 Å². The fraction of sp³-hybridized carbons (Fsp3) is 0.786. The molecule has 0 saturated carbocycles. The summed E-state index contributed by atoms with van der Waals surface area (Å²) in [4.78, 5) is 0. The van der Waals surface area contributed by atoms with Crippen LogP contribution in [0.15, 0.2) is 4.47 Å². The summed E-state index contributed by atoms with van der Waals surface area (Å²) in [6, 6.07) is 0.308. The van der Waals surface area contributed by atoms with Crippen molar-refractivity contribution in [2.45, 2.75) is 59.2 Å². The first kappa shape index (κ1) is 16.7. The lowest BCUT2D eigenvalue weighted by atomic mass is 10.1. The van der Waals surface area contributed by atoms with Gasteiger partial charge in [-0.1, -0.05) is 6.92 Å². The molecule has 0 aliphatic rings. The number of aromatic nitrogens is 2. The molecule has 5 heteroatoms. The van der Waals surface area contributed by atoms with Crippen molar-refractivity contribution in [3.63, 3.8) is 0 Å². The van der Waals surface area contributed by atoms with Crippen LogP contribution < -0.4 is 5.32 Å². The van der Waals surface area contributed by atoms with E-state index in [-0.39, 0.29) is 6.10 Å². The Bertz CT molecular complexity index is 392. The summed E-state index contributed by atoms with van der Waals surface area (Å²) in [5.41, 5.74) is 2.30. The molecule has 0 amide bonds. The minimum atomic E-state index is 0.180. The predicted octanol–water partition coefficient (Wildman–Crippen LogP) is 2.92. The molecule has 1 aromatic heterocycles. The average molecular weight is 332 g/mol. The van der Waals surface area contributed by atoms with Gasteiger partial charge >= 0.3 is 0 Å². The van der Waals surface area contributed by atoms with Crippen molar-refractivity contribution in [3.8, 4) is 0 Å². The van der Waals surface area contributed by atoms with E-state index in [4.69, 9.17) is 4.74 Å². The quantitative estimate of drug-likeness (QED) is 0.796. The standard InChI is InChI=1S/C14H26BrN3O/c1-6-8-16-12(11(4)19-5)9-13-14(15)10(3)17-18(13)7-2/h11-12,16H,6-9H2,1-5H3. The van der Waals surface area contributed by atoms with Gasteiger partial charge in [-0.15, -0.1) is 0 Å². The van der Waals surface area contributed by atoms with Gasteiger partial charge in [0.25, 0.3) is 0 Å². The van der Waals surface area contributed by atoms with Gasteiger partial charge in [0.15, 0.2) is 0 Å². The Morgan fingerprint density at radius 3 is 2.63 bits per heavy atom. The van der Waals surface area contributed by atoms with E-state index in [0.717, 1.165) is 36.1 Å². The van der Waals surface area contributed by atoms with Crippen LogP contribution in [0.4, 0.5) is 0 Å². The van der Waals surface area contributed by atoms with Crippen molar-refractivity contribution in [1.82, 2.24) is 15.1 Å². The molecular weight excluding hydrogens is 306 g/mol. The van der Waals surface area contributed by atoms with Crippen molar-refractivity contribution in [1.29, 1.82) is 0 Å². The topological polar surface area (TPSA) is 39.1 Å². The fourth-order valence-electron chi connectivity index (χ4n) is 2.17. The van der Waals surface area contributed by atoms with Crippen LogP contribution in [0.5, 0.6) is 0 Å². The Balaban J connectivity index is 2.88. The molecule has 0 aromatic carbocycles. The summed E-state index contributed by atoms with van der Waals surface area (Å²) >= 11 is 3.66. The lowest BCUT2D eigenvalue weighted by Gasteiger charge is -2.24. The molecule has 1 N–H and O–H groups in total. The molecule has 19 heavy (non-hydrogen) atoms. The summed E-state index contributed by atoms with van der Waals surface area (Å²) in [6.45, 7) is 10.3. The summed E-state index contributed by atoms with van der Waals surface area (Å²) in [6.07, 6.45) is 2.23. The number of nitrogens with one attached hydrogen (secondary N) is 1. The van der Waals surface area contributed by atoms with E-state index < -0.39 is 0 Å². The third kappa shape index (κ3) is 4.29. The fourth-order valence-corrected chi connectivity index (χ4v) is 2.62. The summed E-state index contributed by atoms with van der Waals surface area (Å²) in [5, 5.41) is 8.12. The van der Waals surface area contributed by atoms with Crippen LogP contribution in [0.3, 0.4) is 0 Å². The van der Waals surface area contributed by atoms with Crippen LogP contribution in [-0.4, -0.2) is 35.6 Å². The average Bonchev–Trinajstić information content (AvgIpc) is 2.69. The molecule has 4 nitrogen and oxygen atoms in total. The number of aryl methyl sites for hydroxylation is 2. The summed E-state index contributed by atoms with van der Waals surface area (Å²) < 4.78 is 8.69. The number of hydrogen-bond acceptors (Lipinski definition) is 3. The SMILES string of the molecule is CCCNC(Cc1c(Br)c(C)nn1CC)C(C)OC. The minimum absolute atomic E-state index is 0.180. The number of methoxy groups -OCH3 is 1. The van der Waals surface area contributed by atoms with E-state index in [1.165, 1.54) is 5.69 Å². The largest absolute Gasteiger partial charge is 0.380 e. The number of hydrogen-bond donors (Lipinski definition) is 1. The van der Waals surface area contributed by atoms with Crippen LogP contribution in [0.2, 0.25) is 0 Å². The van der Waals surface area contributed by atoms with Gasteiger partial charge in [0.1, 0.15) is 0 Å². The van der Waals surface area contributed by atoms with Crippen molar-refractivity contribution >= 4 is 15.9 Å². The number of halogens is 1. The molecule has 1 aromatic rings. The van der Waals surface area contributed by atoms with E-state index in [1.54, 1.807) is 7.11 Å². The third-order valence-electron chi connectivity index (χ3n) is 3.46. The van der Waals surface area contributed by atoms with Gasteiger partial charge in [-0.2, -0.15) is 5.10 Å². The van der Waals surface area contributed by atoms with Gasteiger partial charge in [-0.25, -0.2) is 0 Å². The second-order valence-electron chi connectivity index (χ2n) is 4.87. The molecule has 0 aliphatic carbocycles. The third-order valence-corrected chi connectivity index (χ3v) is 4.49. The van der Waals surface area contributed by atoms with Gasteiger partial charge in [0.2, 0.25) is 0 Å². The van der Waals surface area contributed by atoms with Gasteiger partial charge in [0.05, 0.1) is 22.0 Å².